The molecule has 0 aliphatic carbocycles. The molecule has 0 fully saturated rings. The monoisotopic (exact) mass is 141 g/mol. The smallest absolute Gasteiger partial charge is 0 e. The second-order valence-corrected chi connectivity index (χ2v) is 0. The zero-order valence-corrected chi connectivity index (χ0v) is 4.18. The van der Waals surface area contributed by atoms with Crippen molar-refractivity contribution in [2.45, 2.75) is 0 Å². The Morgan fingerprint density at radius 1 is 0.500 bits per heavy atom. The van der Waals surface area contributed by atoms with E-state index in [2.05, 4.69) is 0 Å². The van der Waals surface area contributed by atoms with Crippen LogP contribution in [0.3, 0.4) is 0 Å². The average molecular weight is 141 g/mol. The first-order valence-electron chi connectivity index (χ1n) is 0. The van der Waals surface area contributed by atoms with Crippen LogP contribution in [-0.4, -0.2) is 5.48 Å². The fourth-order valence-corrected chi connectivity index (χ4v) is 0. The van der Waals surface area contributed by atoms with Crippen LogP contribution >= 0.6 is 0 Å². The molecular weight excluding hydrogens is 131 g/mol. The Bertz CT molecular complexity index is 7.51. The Hall–Kier alpha value is 0.306. The van der Waals surface area contributed by atoms with E-state index in [0.717, 1.165) is 0 Å². The van der Waals surface area contributed by atoms with Crippen LogP contribution in [0.1, 0.15) is 0 Å². The van der Waals surface area contributed by atoms with E-state index in [1.165, 1.54) is 0 Å². The van der Waals surface area contributed by atoms with Gasteiger partial charge in [-0.1, -0.05) is 0 Å². The normalized spacial score (nSPS) is 0. The zero-order chi connectivity index (χ0) is 0. The van der Waals surface area contributed by atoms with Gasteiger partial charge in [-0.2, -0.15) is 0 Å². The minimum Gasteiger partial charge on any atom is -0.693 e. The van der Waals surface area contributed by atoms with Gasteiger partial charge in [0.1, 0.15) is 0 Å². The van der Waals surface area contributed by atoms with Crippen molar-refractivity contribution < 1.29 is 22.3 Å². The van der Waals surface area contributed by atoms with Crippen molar-refractivity contribution in [1.29, 1.82) is 0 Å². The fraction of sp³-hybridized carbons (Fsp3) is 0. The molecule has 0 spiro atoms. The summed E-state index contributed by atoms with van der Waals surface area (Å²) in [6.07, 6.45) is 0. The molecule has 5 nitrogen and oxygen atoms in total. The van der Waals surface area contributed by atoms with Gasteiger partial charge in [-0.25, -0.2) is 0 Å². The number of hydrogen-bond acceptors (Lipinski definition) is 0. The summed E-state index contributed by atoms with van der Waals surface area (Å²) >= 11 is 0. The fourth-order valence-electron chi connectivity index (χ4n) is 0. The van der Waals surface area contributed by atoms with Crippen molar-refractivity contribution >= 4 is 0 Å². The molecule has 0 aromatic carbocycles. The largest absolute Gasteiger partial charge is 0.693 e. The van der Waals surface area contributed by atoms with Gasteiger partial charge in [0.05, 0.1) is 0 Å². The van der Waals surface area contributed by atoms with Crippen molar-refractivity contribution in [3.8, 4) is 0 Å². The van der Waals surface area contributed by atoms with Gasteiger partial charge >= 0.3 is 0 Å². The number of rotatable bonds is 0. The van der Waals surface area contributed by atoms with Crippen LogP contribution in [0.15, 0.2) is 0 Å². The zero-order valence-electron chi connectivity index (χ0n) is 3.14. The molecule has 0 aliphatic rings. The summed E-state index contributed by atoms with van der Waals surface area (Å²) in [5.74, 6) is 0. The van der Waals surface area contributed by atoms with Gasteiger partial charge < -0.3 is 30.1 Å². The van der Waals surface area contributed by atoms with E-state index < -0.39 is 0 Å². The van der Waals surface area contributed by atoms with E-state index in [-0.39, 0.29) is 46.9 Å². The summed E-state index contributed by atoms with van der Waals surface area (Å²) in [4.78, 5) is 0. The van der Waals surface area contributed by atoms with Crippen LogP contribution in [0.5, 0.6) is 0 Å². The van der Waals surface area contributed by atoms with Crippen LogP contribution in [0, 0.1) is 0 Å². The Kier molecular flexibility index (Phi) is 330000. The molecule has 10 N–H and O–H groups in total. The first kappa shape index (κ1) is 1890. The van der Waals surface area contributed by atoms with Crippen LogP contribution in [-0.2, 0) is 16.8 Å². The minimum atomic E-state index is 0. The summed E-state index contributed by atoms with van der Waals surface area (Å²) in [6, 6.07) is 0. The van der Waals surface area contributed by atoms with Crippen LogP contribution in [0.4, 0.5) is 0 Å². The van der Waals surface area contributed by atoms with Gasteiger partial charge in [0.25, 0.3) is 0 Å². The van der Waals surface area contributed by atoms with Gasteiger partial charge in [-0.3, -0.25) is 0 Å². The molecule has 0 aromatic rings. The van der Waals surface area contributed by atoms with Crippen molar-refractivity contribution in [1.82, 2.24) is 0 Å². The molecular formula is H10CoN4O-4. The molecule has 0 saturated heterocycles. The third-order valence-corrected chi connectivity index (χ3v) is 0. The van der Waals surface area contributed by atoms with E-state index in [9.17, 15) is 0 Å². The topological polar surface area (TPSA) is 166 Å². The molecule has 6 heavy (non-hydrogen) atoms. The molecule has 0 rings (SSSR count). The first-order valence-corrected chi connectivity index (χ1v) is 0. The molecule has 0 heterocycles. The van der Waals surface area contributed by atoms with E-state index in [1.807, 2.05) is 0 Å². The van der Waals surface area contributed by atoms with Crippen molar-refractivity contribution in [2.24, 2.45) is 0 Å². The minimum absolute atomic E-state index is 0. The molecule has 0 bridgehead atoms. The molecule has 6 heteroatoms. The maximum absolute atomic E-state index is 0. The van der Waals surface area contributed by atoms with E-state index in [4.69, 9.17) is 0 Å². The summed E-state index contributed by atoms with van der Waals surface area (Å²) < 4.78 is 0. The Morgan fingerprint density at radius 3 is 0.500 bits per heavy atom. The third-order valence-electron chi connectivity index (χ3n) is 0. The molecule has 0 unspecified atom stereocenters. The second-order valence-electron chi connectivity index (χ2n) is 0. The molecule has 1 radical (unpaired) electrons. The number of nitrogens with two attached hydrogens (primary N) is 4. The third kappa shape index (κ3) is 501. The standard InChI is InChI=1S/Co.4H2N.H2O/h;5*1H2/q;4*-1;. The van der Waals surface area contributed by atoms with Crippen molar-refractivity contribution in [2.75, 3.05) is 0 Å². The van der Waals surface area contributed by atoms with Gasteiger partial charge in [0.15, 0.2) is 0 Å². The molecule has 0 amide bonds. The van der Waals surface area contributed by atoms with Gasteiger partial charge in [0.2, 0.25) is 0 Å². The predicted molar refractivity (Wildman–Crippen MR) is 24.8 cm³/mol. The van der Waals surface area contributed by atoms with E-state index in [0.29, 0.717) is 0 Å². The van der Waals surface area contributed by atoms with Crippen LogP contribution in [0.2, 0.25) is 0 Å². The maximum atomic E-state index is 0. The van der Waals surface area contributed by atoms with Crippen LogP contribution < -0.4 is 0 Å². The second kappa shape index (κ2) is 1050. The Morgan fingerprint density at radius 2 is 0.500 bits per heavy atom. The molecule has 0 saturated carbocycles. The van der Waals surface area contributed by atoms with Gasteiger partial charge in [-0.05, 0) is 0 Å². The molecule has 49 valence electrons. The van der Waals surface area contributed by atoms with Crippen molar-refractivity contribution in [3.63, 3.8) is 0 Å². The Labute approximate surface area is 47.7 Å². The summed E-state index contributed by atoms with van der Waals surface area (Å²) in [6.45, 7) is 0. The van der Waals surface area contributed by atoms with E-state index in [1.54, 1.807) is 0 Å². The summed E-state index contributed by atoms with van der Waals surface area (Å²) in [5, 5.41) is 0. The first-order chi connectivity index (χ1) is 0. The SMILES string of the molecule is O.[Co].[NH2-].[NH2-].[NH2-].[NH2-]. The number of hydrogen-bond donors (Lipinski definition) is 0. The quantitative estimate of drug-likeness (QED) is 0.481. The Balaban J connectivity index is 0. The van der Waals surface area contributed by atoms with Gasteiger partial charge in [-0.15, -0.1) is 0 Å². The van der Waals surface area contributed by atoms with Gasteiger partial charge in [0, 0.05) is 16.8 Å². The molecule has 0 aromatic heterocycles. The van der Waals surface area contributed by atoms with E-state index >= 15 is 0 Å². The predicted octanol–water partition coefficient (Wildman–Crippen LogP) is 2.04. The molecule has 0 aliphatic heterocycles. The maximum Gasteiger partial charge on any atom is 0 e. The van der Waals surface area contributed by atoms with Crippen molar-refractivity contribution in [3.05, 3.63) is 24.6 Å². The summed E-state index contributed by atoms with van der Waals surface area (Å²) in [7, 11) is 0. The van der Waals surface area contributed by atoms with Crippen LogP contribution in [0.25, 0.3) is 24.6 Å². The average Bonchev–Trinajstić information content (AvgIpc) is 0. The molecule has 0 atom stereocenters. The summed E-state index contributed by atoms with van der Waals surface area (Å²) in [5.41, 5.74) is 0.